The zero-order valence-electron chi connectivity index (χ0n) is 17.8. The first-order valence-electron chi connectivity index (χ1n) is 10.5. The van der Waals surface area contributed by atoms with E-state index in [1.54, 1.807) is 36.4 Å². The van der Waals surface area contributed by atoms with Crippen molar-refractivity contribution in [3.63, 3.8) is 0 Å². The third-order valence-electron chi connectivity index (χ3n) is 4.91. The number of imidazole rings is 1. The molecular weight excluding hydrogens is 423 g/mol. The average Bonchev–Trinajstić information content (AvgIpc) is 3.25. The standard InChI is InChI=1S/C25H23FN4O3/c26-20-9-7-18(8-10-20)14-24(31)27-11-12-28-25(32)19-4-3-5-22(15-19)33-17-21-16-30-13-2-1-6-23(30)29-21/h1-10,13,15-16H,11-12,14,17H2,(H,27,31)(H,28,32). The first-order valence-corrected chi connectivity index (χ1v) is 10.5. The van der Waals surface area contributed by atoms with Crippen LogP contribution >= 0.6 is 0 Å². The molecule has 0 radical (unpaired) electrons. The van der Waals surface area contributed by atoms with Crippen molar-refractivity contribution < 1.29 is 18.7 Å². The van der Waals surface area contributed by atoms with E-state index < -0.39 is 0 Å². The quantitative estimate of drug-likeness (QED) is 0.387. The third-order valence-corrected chi connectivity index (χ3v) is 4.91. The van der Waals surface area contributed by atoms with Crippen LogP contribution in [0.3, 0.4) is 0 Å². The number of carbonyl (C=O) groups is 2. The van der Waals surface area contributed by atoms with Gasteiger partial charge in [-0.2, -0.15) is 0 Å². The highest BCUT2D eigenvalue weighted by Crippen LogP contribution is 2.15. The Kier molecular flexibility index (Phi) is 6.94. The molecular formula is C25H23FN4O3. The molecule has 0 spiro atoms. The van der Waals surface area contributed by atoms with Crippen molar-refractivity contribution in [2.75, 3.05) is 13.1 Å². The summed E-state index contributed by atoms with van der Waals surface area (Å²) in [7, 11) is 0. The molecule has 0 saturated heterocycles. The Labute approximate surface area is 190 Å². The smallest absolute Gasteiger partial charge is 0.251 e. The highest BCUT2D eigenvalue weighted by Gasteiger charge is 2.08. The van der Waals surface area contributed by atoms with Crippen LogP contribution in [0.1, 0.15) is 21.6 Å². The van der Waals surface area contributed by atoms with Gasteiger partial charge in [0.15, 0.2) is 0 Å². The van der Waals surface area contributed by atoms with E-state index in [0.717, 1.165) is 16.9 Å². The van der Waals surface area contributed by atoms with Crippen LogP contribution in [-0.4, -0.2) is 34.3 Å². The molecule has 0 aliphatic heterocycles. The number of nitrogens with one attached hydrogen (secondary N) is 2. The fourth-order valence-corrected chi connectivity index (χ4v) is 3.27. The van der Waals surface area contributed by atoms with E-state index in [2.05, 4.69) is 15.6 Å². The Morgan fingerprint density at radius 2 is 1.79 bits per heavy atom. The fourth-order valence-electron chi connectivity index (χ4n) is 3.27. The monoisotopic (exact) mass is 446 g/mol. The number of benzene rings is 2. The lowest BCUT2D eigenvalue weighted by Gasteiger charge is -2.09. The number of nitrogens with zero attached hydrogens (tertiary/aromatic N) is 2. The molecule has 2 amide bonds. The number of pyridine rings is 1. The minimum atomic E-state index is -0.341. The van der Waals surface area contributed by atoms with E-state index in [-0.39, 0.29) is 43.7 Å². The number of aromatic nitrogens is 2. The molecule has 4 aromatic rings. The molecule has 0 fully saturated rings. The van der Waals surface area contributed by atoms with Crippen molar-refractivity contribution >= 4 is 17.5 Å². The van der Waals surface area contributed by atoms with Crippen LogP contribution in [0.2, 0.25) is 0 Å². The van der Waals surface area contributed by atoms with Crippen molar-refractivity contribution in [1.82, 2.24) is 20.0 Å². The van der Waals surface area contributed by atoms with Crippen molar-refractivity contribution in [2.45, 2.75) is 13.0 Å². The molecule has 8 heteroatoms. The molecule has 4 rings (SSSR count). The van der Waals surface area contributed by atoms with Gasteiger partial charge in [0.25, 0.3) is 5.91 Å². The second kappa shape index (κ2) is 10.4. The lowest BCUT2D eigenvalue weighted by atomic mass is 10.1. The minimum Gasteiger partial charge on any atom is -0.487 e. The van der Waals surface area contributed by atoms with Crippen LogP contribution < -0.4 is 15.4 Å². The molecule has 0 bridgehead atoms. The van der Waals surface area contributed by atoms with Crippen molar-refractivity contribution in [3.8, 4) is 5.75 Å². The maximum Gasteiger partial charge on any atom is 0.251 e. The maximum absolute atomic E-state index is 12.9. The van der Waals surface area contributed by atoms with Gasteiger partial charge in [-0.25, -0.2) is 9.37 Å². The molecule has 2 aromatic heterocycles. The predicted octanol–water partition coefficient (Wildman–Crippen LogP) is 3.14. The summed E-state index contributed by atoms with van der Waals surface area (Å²) in [4.78, 5) is 28.9. The molecule has 0 unspecified atom stereocenters. The first-order chi connectivity index (χ1) is 16.1. The van der Waals surface area contributed by atoms with Gasteiger partial charge in [0.1, 0.15) is 23.8 Å². The number of hydrogen-bond donors (Lipinski definition) is 2. The van der Waals surface area contributed by atoms with Gasteiger partial charge in [0.05, 0.1) is 12.1 Å². The largest absolute Gasteiger partial charge is 0.487 e. The normalized spacial score (nSPS) is 10.7. The Bertz CT molecular complexity index is 1220. The molecule has 7 nitrogen and oxygen atoms in total. The van der Waals surface area contributed by atoms with Crippen molar-refractivity contribution in [3.05, 3.63) is 102 Å². The first kappa shape index (κ1) is 22.0. The number of carbonyl (C=O) groups excluding carboxylic acids is 2. The van der Waals surface area contributed by atoms with E-state index in [9.17, 15) is 14.0 Å². The summed E-state index contributed by atoms with van der Waals surface area (Å²) in [5.41, 5.74) is 2.81. The van der Waals surface area contributed by atoms with Crippen LogP contribution in [0.25, 0.3) is 5.65 Å². The van der Waals surface area contributed by atoms with Gasteiger partial charge in [-0.3, -0.25) is 9.59 Å². The molecule has 0 atom stereocenters. The van der Waals surface area contributed by atoms with Crippen LogP contribution in [0.4, 0.5) is 4.39 Å². The summed E-state index contributed by atoms with van der Waals surface area (Å²) in [6, 6.07) is 18.4. The van der Waals surface area contributed by atoms with Crippen LogP contribution in [0.5, 0.6) is 5.75 Å². The lowest BCUT2D eigenvalue weighted by Crippen LogP contribution is -2.35. The SMILES string of the molecule is O=C(Cc1ccc(F)cc1)NCCNC(=O)c1cccc(OCc2cn3ccccc3n2)c1. The second-order valence-electron chi connectivity index (χ2n) is 7.42. The van der Waals surface area contributed by atoms with Gasteiger partial charge in [-0.15, -0.1) is 0 Å². The highest BCUT2D eigenvalue weighted by molar-refractivity contribution is 5.94. The van der Waals surface area contributed by atoms with E-state index >= 15 is 0 Å². The van der Waals surface area contributed by atoms with E-state index in [1.165, 1.54) is 12.1 Å². The van der Waals surface area contributed by atoms with Gasteiger partial charge in [0.2, 0.25) is 5.91 Å². The Morgan fingerprint density at radius 1 is 0.970 bits per heavy atom. The number of amides is 2. The van der Waals surface area contributed by atoms with Crippen molar-refractivity contribution in [1.29, 1.82) is 0 Å². The summed E-state index contributed by atoms with van der Waals surface area (Å²) >= 11 is 0. The fraction of sp³-hybridized carbons (Fsp3) is 0.160. The number of halogens is 1. The van der Waals surface area contributed by atoms with Gasteiger partial charge in [0, 0.05) is 31.0 Å². The highest BCUT2D eigenvalue weighted by atomic mass is 19.1. The van der Waals surface area contributed by atoms with Crippen LogP contribution in [-0.2, 0) is 17.8 Å². The summed E-state index contributed by atoms with van der Waals surface area (Å²) in [6.45, 7) is 0.850. The van der Waals surface area contributed by atoms with Crippen molar-refractivity contribution in [2.24, 2.45) is 0 Å². The van der Waals surface area contributed by atoms with Gasteiger partial charge in [-0.05, 0) is 48.0 Å². The van der Waals surface area contributed by atoms with E-state index in [1.807, 2.05) is 35.0 Å². The second-order valence-corrected chi connectivity index (χ2v) is 7.42. The molecule has 0 aliphatic rings. The van der Waals surface area contributed by atoms with Gasteiger partial charge < -0.3 is 19.8 Å². The van der Waals surface area contributed by atoms with E-state index in [0.29, 0.717) is 11.3 Å². The molecule has 33 heavy (non-hydrogen) atoms. The van der Waals surface area contributed by atoms with Gasteiger partial charge >= 0.3 is 0 Å². The third kappa shape index (κ3) is 6.16. The topological polar surface area (TPSA) is 84.7 Å². The number of rotatable bonds is 9. The van der Waals surface area contributed by atoms with E-state index in [4.69, 9.17) is 4.74 Å². The number of ether oxygens (including phenoxy) is 1. The zero-order chi connectivity index (χ0) is 23.0. The lowest BCUT2D eigenvalue weighted by molar-refractivity contribution is -0.120. The average molecular weight is 446 g/mol. The molecule has 2 N–H and O–H groups in total. The Morgan fingerprint density at radius 3 is 2.61 bits per heavy atom. The minimum absolute atomic E-state index is 0.153. The molecule has 0 saturated carbocycles. The Balaban J connectivity index is 1.21. The molecule has 168 valence electrons. The summed E-state index contributed by atoms with van der Waals surface area (Å²) in [6.07, 6.45) is 3.97. The maximum atomic E-state index is 12.9. The van der Waals surface area contributed by atoms with Gasteiger partial charge in [-0.1, -0.05) is 24.3 Å². The van der Waals surface area contributed by atoms with Crippen LogP contribution in [0, 0.1) is 5.82 Å². The summed E-state index contributed by atoms with van der Waals surface area (Å²) in [5, 5.41) is 5.50. The summed E-state index contributed by atoms with van der Waals surface area (Å²) in [5.74, 6) is -0.238. The predicted molar refractivity (Wildman–Crippen MR) is 121 cm³/mol. The number of fused-ring (bicyclic) bond motifs is 1. The molecule has 2 heterocycles. The molecule has 0 aliphatic carbocycles. The number of hydrogen-bond acceptors (Lipinski definition) is 4. The summed E-state index contributed by atoms with van der Waals surface area (Å²) < 4.78 is 20.6. The Hall–Kier alpha value is -4.20. The molecule has 2 aromatic carbocycles. The van der Waals surface area contributed by atoms with Crippen LogP contribution in [0.15, 0.2) is 79.1 Å². The zero-order valence-corrected chi connectivity index (χ0v) is 17.8.